The molecule has 0 N–H and O–H groups in total. The molecule has 0 saturated heterocycles. The first-order valence-electron chi connectivity index (χ1n) is 10.2. The maximum Gasteiger partial charge on any atom is 0.191 e. The Balaban J connectivity index is 1.63. The van der Waals surface area contributed by atoms with Gasteiger partial charge in [0, 0.05) is 12.3 Å². The van der Waals surface area contributed by atoms with Crippen LogP contribution in [0.5, 0.6) is 17.2 Å². The van der Waals surface area contributed by atoms with E-state index in [1.54, 1.807) is 37.1 Å². The second-order valence-corrected chi connectivity index (χ2v) is 8.47. The van der Waals surface area contributed by atoms with Crippen LogP contribution in [0.1, 0.15) is 32.7 Å². The van der Waals surface area contributed by atoms with E-state index in [1.165, 1.54) is 6.07 Å². The van der Waals surface area contributed by atoms with Crippen molar-refractivity contribution in [2.75, 3.05) is 19.5 Å². The monoisotopic (exact) mass is 445 g/mol. The van der Waals surface area contributed by atoms with Crippen molar-refractivity contribution < 1.29 is 18.6 Å². The van der Waals surface area contributed by atoms with E-state index in [9.17, 15) is 4.39 Å². The highest BCUT2D eigenvalue weighted by Crippen LogP contribution is 2.27. The number of ether oxygens (including phenoxy) is 3. The molecule has 3 aromatic rings. The lowest BCUT2D eigenvalue weighted by Crippen LogP contribution is -2.16. The van der Waals surface area contributed by atoms with Gasteiger partial charge in [0.2, 0.25) is 0 Å². The molecular weight excluding hydrogens is 417 g/mol. The summed E-state index contributed by atoms with van der Waals surface area (Å²) in [4.78, 5) is 0. The third-order valence-electron chi connectivity index (χ3n) is 4.44. The number of hydrogen-bond donors (Lipinski definition) is 0. The lowest BCUT2D eigenvalue weighted by atomic mass is 10.2. The first kappa shape index (κ1) is 22.9. The molecule has 0 aliphatic heterocycles. The summed E-state index contributed by atoms with van der Waals surface area (Å²) in [5, 5.41) is 9.49. The van der Waals surface area contributed by atoms with E-state index in [4.69, 9.17) is 14.2 Å². The average Bonchev–Trinajstić information content (AvgIpc) is 3.15. The van der Waals surface area contributed by atoms with Crippen LogP contribution >= 0.6 is 11.8 Å². The zero-order valence-corrected chi connectivity index (χ0v) is 19.1. The third kappa shape index (κ3) is 6.37. The SMILES string of the molecule is COc1ccc(OCCSc2nnc(C(C)Oc3ccccc3F)n2CC(C)C)cc1. The van der Waals surface area contributed by atoms with E-state index in [-0.39, 0.29) is 5.75 Å². The molecule has 166 valence electrons. The number of rotatable bonds is 11. The predicted molar refractivity (Wildman–Crippen MR) is 120 cm³/mol. The normalized spacial score (nSPS) is 12.1. The highest BCUT2D eigenvalue weighted by Gasteiger charge is 2.21. The molecule has 1 aromatic heterocycles. The number of benzene rings is 2. The molecule has 1 atom stereocenters. The van der Waals surface area contributed by atoms with Crippen LogP contribution in [0.2, 0.25) is 0 Å². The van der Waals surface area contributed by atoms with Crippen molar-refractivity contribution in [3.8, 4) is 17.2 Å². The largest absolute Gasteiger partial charge is 0.497 e. The summed E-state index contributed by atoms with van der Waals surface area (Å²) in [7, 11) is 1.64. The van der Waals surface area contributed by atoms with Crippen LogP contribution in [0.3, 0.4) is 0 Å². The lowest BCUT2D eigenvalue weighted by Gasteiger charge is -2.18. The summed E-state index contributed by atoms with van der Waals surface area (Å²) in [5.74, 6) is 3.18. The van der Waals surface area contributed by atoms with E-state index >= 15 is 0 Å². The zero-order valence-electron chi connectivity index (χ0n) is 18.2. The van der Waals surface area contributed by atoms with E-state index in [1.807, 2.05) is 35.8 Å². The van der Waals surface area contributed by atoms with Crippen molar-refractivity contribution in [2.45, 2.75) is 38.6 Å². The van der Waals surface area contributed by atoms with Crippen molar-refractivity contribution in [1.82, 2.24) is 14.8 Å². The van der Waals surface area contributed by atoms with Gasteiger partial charge in [-0.1, -0.05) is 37.7 Å². The van der Waals surface area contributed by atoms with E-state index in [2.05, 4.69) is 24.0 Å². The van der Waals surface area contributed by atoms with Crippen molar-refractivity contribution in [3.05, 3.63) is 60.2 Å². The molecule has 1 heterocycles. The first-order valence-corrected chi connectivity index (χ1v) is 11.2. The maximum absolute atomic E-state index is 14.0. The summed E-state index contributed by atoms with van der Waals surface area (Å²) in [6.07, 6.45) is -0.437. The maximum atomic E-state index is 14.0. The molecule has 0 aliphatic rings. The quantitative estimate of drug-likeness (QED) is 0.291. The van der Waals surface area contributed by atoms with Gasteiger partial charge >= 0.3 is 0 Å². The van der Waals surface area contributed by atoms with Gasteiger partial charge in [0.05, 0.1) is 13.7 Å². The van der Waals surface area contributed by atoms with Crippen LogP contribution in [-0.2, 0) is 6.54 Å². The second-order valence-electron chi connectivity index (χ2n) is 7.41. The molecule has 0 aliphatic carbocycles. The fourth-order valence-corrected chi connectivity index (χ4v) is 3.76. The standard InChI is InChI=1S/C23H28FN3O3S/c1-16(2)15-27-22(17(3)30-21-8-6-5-7-20(21)24)25-26-23(27)31-14-13-29-19-11-9-18(28-4)10-12-19/h5-12,16-17H,13-15H2,1-4H3. The number of para-hydroxylation sites is 1. The predicted octanol–water partition coefficient (Wildman–Crippen LogP) is 5.39. The minimum Gasteiger partial charge on any atom is -0.497 e. The third-order valence-corrected chi connectivity index (χ3v) is 5.37. The fraction of sp³-hybridized carbons (Fsp3) is 0.391. The van der Waals surface area contributed by atoms with Crippen molar-refractivity contribution in [2.24, 2.45) is 5.92 Å². The average molecular weight is 446 g/mol. The van der Waals surface area contributed by atoms with Gasteiger partial charge in [-0.05, 0) is 49.2 Å². The zero-order chi connectivity index (χ0) is 22.2. The molecule has 0 bridgehead atoms. The number of methoxy groups -OCH3 is 1. The van der Waals surface area contributed by atoms with Crippen molar-refractivity contribution in [1.29, 1.82) is 0 Å². The van der Waals surface area contributed by atoms with Gasteiger partial charge in [0.25, 0.3) is 0 Å². The molecule has 3 rings (SSSR count). The van der Waals surface area contributed by atoms with Crippen molar-refractivity contribution in [3.63, 3.8) is 0 Å². The van der Waals surface area contributed by atoms with Crippen LogP contribution < -0.4 is 14.2 Å². The van der Waals surface area contributed by atoms with Crippen molar-refractivity contribution >= 4 is 11.8 Å². The molecule has 0 fully saturated rings. The molecule has 0 radical (unpaired) electrons. The topological polar surface area (TPSA) is 58.4 Å². The Hall–Kier alpha value is -2.74. The minimum atomic E-state index is -0.437. The lowest BCUT2D eigenvalue weighted by molar-refractivity contribution is 0.198. The smallest absolute Gasteiger partial charge is 0.191 e. The Bertz CT molecular complexity index is 963. The highest BCUT2D eigenvalue weighted by atomic mass is 32.2. The minimum absolute atomic E-state index is 0.205. The fourth-order valence-electron chi connectivity index (χ4n) is 2.99. The number of hydrogen-bond acceptors (Lipinski definition) is 6. The van der Waals surface area contributed by atoms with Crippen LogP contribution in [-0.4, -0.2) is 34.2 Å². The molecule has 8 heteroatoms. The molecule has 6 nitrogen and oxygen atoms in total. The Morgan fingerprint density at radius 1 is 1.00 bits per heavy atom. The molecule has 0 spiro atoms. The molecule has 1 unspecified atom stereocenters. The van der Waals surface area contributed by atoms with Gasteiger partial charge in [-0.3, -0.25) is 0 Å². The molecule has 2 aromatic carbocycles. The van der Waals surface area contributed by atoms with Gasteiger partial charge in [-0.2, -0.15) is 0 Å². The Kier molecular flexibility index (Phi) is 8.17. The van der Waals surface area contributed by atoms with Gasteiger partial charge in [-0.15, -0.1) is 10.2 Å². The Morgan fingerprint density at radius 3 is 2.39 bits per heavy atom. The number of halogens is 1. The summed E-state index contributed by atoms with van der Waals surface area (Å²) < 4.78 is 32.8. The number of thioether (sulfide) groups is 1. The van der Waals surface area contributed by atoms with E-state index < -0.39 is 11.9 Å². The first-order chi connectivity index (χ1) is 15.0. The van der Waals surface area contributed by atoms with Crippen LogP contribution in [0.15, 0.2) is 53.7 Å². The second kappa shape index (κ2) is 11.0. The van der Waals surface area contributed by atoms with Gasteiger partial charge in [-0.25, -0.2) is 4.39 Å². The van der Waals surface area contributed by atoms with Crippen LogP contribution in [0.25, 0.3) is 0 Å². The number of nitrogens with zero attached hydrogens (tertiary/aromatic N) is 3. The van der Waals surface area contributed by atoms with E-state index in [0.717, 1.165) is 23.2 Å². The van der Waals surface area contributed by atoms with Gasteiger partial charge in [0.1, 0.15) is 11.5 Å². The van der Waals surface area contributed by atoms with Gasteiger partial charge in [0.15, 0.2) is 28.7 Å². The number of aromatic nitrogens is 3. The van der Waals surface area contributed by atoms with E-state index in [0.29, 0.717) is 24.1 Å². The Labute approximate surface area is 186 Å². The Morgan fingerprint density at radius 2 is 1.71 bits per heavy atom. The summed E-state index contributed by atoms with van der Waals surface area (Å²) in [6, 6.07) is 13.9. The molecule has 0 amide bonds. The van der Waals surface area contributed by atoms with Gasteiger partial charge < -0.3 is 18.8 Å². The molecule has 0 saturated carbocycles. The molecular formula is C23H28FN3O3S. The summed E-state index contributed by atoms with van der Waals surface area (Å²) >= 11 is 1.57. The highest BCUT2D eigenvalue weighted by molar-refractivity contribution is 7.99. The van der Waals surface area contributed by atoms with Crippen LogP contribution in [0.4, 0.5) is 4.39 Å². The van der Waals surface area contributed by atoms with Crippen LogP contribution in [0, 0.1) is 11.7 Å². The summed E-state index contributed by atoms with van der Waals surface area (Å²) in [5.41, 5.74) is 0. The summed E-state index contributed by atoms with van der Waals surface area (Å²) in [6.45, 7) is 7.40. The molecule has 31 heavy (non-hydrogen) atoms.